The molecule has 1 aromatic heterocycles. The Hall–Kier alpha value is -1.72. The summed E-state index contributed by atoms with van der Waals surface area (Å²) in [6.45, 7) is 0.422. The van der Waals surface area contributed by atoms with Gasteiger partial charge in [-0.25, -0.2) is 4.98 Å². The van der Waals surface area contributed by atoms with E-state index in [0.717, 1.165) is 29.1 Å². The van der Waals surface area contributed by atoms with Gasteiger partial charge in [-0.15, -0.1) is 11.3 Å². The van der Waals surface area contributed by atoms with E-state index in [1.54, 1.807) is 17.5 Å². The van der Waals surface area contributed by atoms with Gasteiger partial charge < -0.3 is 11.1 Å². The van der Waals surface area contributed by atoms with Gasteiger partial charge >= 0.3 is 0 Å². The molecule has 0 saturated heterocycles. The number of nitrogens with zero attached hydrogens (tertiary/aromatic N) is 1. The van der Waals surface area contributed by atoms with Crippen LogP contribution in [0.4, 0.5) is 5.69 Å². The molecule has 98 valence electrons. The zero-order valence-corrected chi connectivity index (χ0v) is 11.2. The molecule has 1 amide bonds. The molecule has 1 saturated carbocycles. The van der Waals surface area contributed by atoms with Gasteiger partial charge in [-0.2, -0.15) is 0 Å². The lowest BCUT2D eigenvalue weighted by Gasteiger charge is -2.13. The molecule has 0 unspecified atom stereocenters. The fraction of sp³-hybridized carbons (Fsp3) is 0.286. The summed E-state index contributed by atoms with van der Waals surface area (Å²) in [5.41, 5.74) is 7.16. The number of rotatable bonds is 4. The van der Waals surface area contributed by atoms with Crippen molar-refractivity contribution in [3.63, 3.8) is 0 Å². The minimum Gasteiger partial charge on any atom is -0.329 e. The van der Waals surface area contributed by atoms with E-state index >= 15 is 0 Å². The topological polar surface area (TPSA) is 68.0 Å². The maximum Gasteiger partial charge on any atom is 0.231 e. The van der Waals surface area contributed by atoms with Crippen molar-refractivity contribution in [1.82, 2.24) is 4.98 Å². The Labute approximate surface area is 115 Å². The van der Waals surface area contributed by atoms with Gasteiger partial charge in [0, 0.05) is 29.4 Å². The molecule has 0 atom stereocenters. The van der Waals surface area contributed by atoms with Gasteiger partial charge in [0.1, 0.15) is 5.01 Å². The summed E-state index contributed by atoms with van der Waals surface area (Å²) in [6, 6.07) is 7.75. The maximum atomic E-state index is 12.1. The number of nitrogens with one attached hydrogen (secondary N) is 1. The Kier molecular flexibility index (Phi) is 3.08. The van der Waals surface area contributed by atoms with Crippen molar-refractivity contribution in [2.45, 2.75) is 12.8 Å². The Balaban J connectivity index is 1.79. The van der Waals surface area contributed by atoms with Gasteiger partial charge in [-0.3, -0.25) is 4.79 Å². The molecule has 3 N–H and O–H groups in total. The SMILES string of the molecule is NCC1(C(=O)Nc2cccc(-c3nccs3)c2)CC1. The van der Waals surface area contributed by atoms with Crippen LogP contribution in [0.5, 0.6) is 0 Å². The van der Waals surface area contributed by atoms with Crippen molar-refractivity contribution < 1.29 is 4.79 Å². The Morgan fingerprint density at radius 1 is 1.47 bits per heavy atom. The molecule has 19 heavy (non-hydrogen) atoms. The Morgan fingerprint density at radius 2 is 2.32 bits per heavy atom. The van der Waals surface area contributed by atoms with E-state index in [2.05, 4.69) is 10.3 Å². The summed E-state index contributed by atoms with van der Waals surface area (Å²) in [6.07, 6.45) is 3.56. The Bertz CT molecular complexity index is 590. The van der Waals surface area contributed by atoms with E-state index in [1.807, 2.05) is 29.6 Å². The standard InChI is InChI=1S/C14H15N3OS/c15-9-14(4-5-14)13(18)17-11-3-1-2-10(8-11)12-16-6-7-19-12/h1-3,6-8H,4-5,9,15H2,(H,17,18). The van der Waals surface area contributed by atoms with E-state index < -0.39 is 0 Å². The highest BCUT2D eigenvalue weighted by atomic mass is 32.1. The second-order valence-corrected chi connectivity index (χ2v) is 5.75. The van der Waals surface area contributed by atoms with E-state index in [-0.39, 0.29) is 11.3 Å². The van der Waals surface area contributed by atoms with E-state index in [9.17, 15) is 4.79 Å². The van der Waals surface area contributed by atoms with Crippen LogP contribution in [0, 0.1) is 5.41 Å². The third-order valence-electron chi connectivity index (χ3n) is 3.53. The third kappa shape index (κ3) is 2.39. The van der Waals surface area contributed by atoms with Gasteiger partial charge in [0.2, 0.25) is 5.91 Å². The molecule has 3 rings (SSSR count). The minimum atomic E-state index is -0.322. The van der Waals surface area contributed by atoms with E-state index in [4.69, 9.17) is 5.73 Å². The minimum absolute atomic E-state index is 0.0336. The highest BCUT2D eigenvalue weighted by Crippen LogP contribution is 2.45. The van der Waals surface area contributed by atoms with Gasteiger partial charge in [0.15, 0.2) is 0 Å². The second-order valence-electron chi connectivity index (χ2n) is 4.86. The zero-order valence-electron chi connectivity index (χ0n) is 10.4. The van der Waals surface area contributed by atoms with Crippen molar-refractivity contribution in [3.05, 3.63) is 35.8 Å². The first kappa shape index (κ1) is 12.3. The zero-order chi connectivity index (χ0) is 13.3. The lowest BCUT2D eigenvalue weighted by atomic mass is 10.1. The molecule has 4 nitrogen and oxygen atoms in total. The average molecular weight is 273 g/mol. The third-order valence-corrected chi connectivity index (χ3v) is 4.35. The number of anilines is 1. The molecular formula is C14H15N3OS. The largest absolute Gasteiger partial charge is 0.329 e. The van der Waals surface area contributed by atoms with Crippen LogP contribution in [-0.4, -0.2) is 17.4 Å². The normalized spacial score (nSPS) is 16.1. The van der Waals surface area contributed by atoms with Crippen molar-refractivity contribution in [2.75, 3.05) is 11.9 Å². The molecule has 1 fully saturated rings. The summed E-state index contributed by atoms with van der Waals surface area (Å²) >= 11 is 1.58. The molecule has 0 spiro atoms. The monoisotopic (exact) mass is 273 g/mol. The highest BCUT2D eigenvalue weighted by molar-refractivity contribution is 7.13. The van der Waals surface area contributed by atoms with Crippen LogP contribution in [0.1, 0.15) is 12.8 Å². The predicted molar refractivity (Wildman–Crippen MR) is 76.9 cm³/mol. The molecular weight excluding hydrogens is 258 g/mol. The summed E-state index contributed by atoms with van der Waals surface area (Å²) in [7, 11) is 0. The first-order valence-corrected chi connectivity index (χ1v) is 7.13. The highest BCUT2D eigenvalue weighted by Gasteiger charge is 2.48. The van der Waals surface area contributed by atoms with Crippen molar-refractivity contribution >= 4 is 22.9 Å². The van der Waals surface area contributed by atoms with Crippen LogP contribution in [-0.2, 0) is 4.79 Å². The number of carbonyl (C=O) groups excluding carboxylic acids is 1. The van der Waals surface area contributed by atoms with Crippen molar-refractivity contribution in [2.24, 2.45) is 11.1 Å². The summed E-state index contributed by atoms with van der Waals surface area (Å²) < 4.78 is 0. The molecule has 1 aliphatic carbocycles. The van der Waals surface area contributed by atoms with E-state index in [0.29, 0.717) is 6.54 Å². The number of thiazole rings is 1. The lowest BCUT2D eigenvalue weighted by Crippen LogP contribution is -2.30. The molecule has 1 aromatic carbocycles. The first-order chi connectivity index (χ1) is 9.23. The number of benzene rings is 1. The van der Waals surface area contributed by atoms with Gasteiger partial charge in [-0.05, 0) is 25.0 Å². The number of amides is 1. The molecule has 5 heteroatoms. The molecule has 1 aliphatic rings. The van der Waals surface area contributed by atoms with Crippen LogP contribution in [0.25, 0.3) is 10.6 Å². The molecule has 0 radical (unpaired) electrons. The van der Waals surface area contributed by atoms with Crippen LogP contribution in [0.15, 0.2) is 35.8 Å². The van der Waals surface area contributed by atoms with Crippen molar-refractivity contribution in [1.29, 1.82) is 0 Å². The van der Waals surface area contributed by atoms with Gasteiger partial charge in [0.05, 0.1) is 5.41 Å². The average Bonchev–Trinajstić information content (AvgIpc) is 3.05. The van der Waals surface area contributed by atoms with Crippen LogP contribution < -0.4 is 11.1 Å². The summed E-state index contributed by atoms with van der Waals surface area (Å²) in [5, 5.41) is 5.85. The molecule has 2 aromatic rings. The first-order valence-electron chi connectivity index (χ1n) is 6.25. The molecule has 0 aliphatic heterocycles. The van der Waals surface area contributed by atoms with Gasteiger partial charge in [-0.1, -0.05) is 12.1 Å². The molecule has 1 heterocycles. The summed E-state index contributed by atoms with van der Waals surface area (Å²) in [5.74, 6) is 0.0336. The predicted octanol–water partition coefficient (Wildman–Crippen LogP) is 2.49. The van der Waals surface area contributed by atoms with Crippen LogP contribution in [0.2, 0.25) is 0 Å². The molecule has 0 bridgehead atoms. The lowest BCUT2D eigenvalue weighted by molar-refractivity contribution is -0.120. The quantitative estimate of drug-likeness (QED) is 0.899. The maximum absolute atomic E-state index is 12.1. The number of nitrogens with two attached hydrogens (primary N) is 1. The smallest absolute Gasteiger partial charge is 0.231 e. The fourth-order valence-electron chi connectivity index (χ4n) is 2.03. The number of carbonyl (C=O) groups is 1. The van der Waals surface area contributed by atoms with Crippen molar-refractivity contribution in [3.8, 4) is 10.6 Å². The van der Waals surface area contributed by atoms with E-state index in [1.165, 1.54) is 0 Å². The number of aromatic nitrogens is 1. The van der Waals surface area contributed by atoms with Crippen LogP contribution in [0.3, 0.4) is 0 Å². The van der Waals surface area contributed by atoms with Gasteiger partial charge in [0.25, 0.3) is 0 Å². The number of hydrogen-bond acceptors (Lipinski definition) is 4. The number of hydrogen-bond donors (Lipinski definition) is 2. The van der Waals surface area contributed by atoms with Crippen LogP contribution >= 0.6 is 11.3 Å². The second kappa shape index (κ2) is 4.75. The summed E-state index contributed by atoms with van der Waals surface area (Å²) in [4.78, 5) is 16.4. The Morgan fingerprint density at radius 3 is 2.95 bits per heavy atom. The fourth-order valence-corrected chi connectivity index (χ4v) is 2.67.